The fourth-order valence-electron chi connectivity index (χ4n) is 2.67. The van der Waals surface area contributed by atoms with Crippen LogP contribution in [0, 0.1) is 11.3 Å². The lowest BCUT2D eigenvalue weighted by Crippen LogP contribution is -2.30. The Morgan fingerprint density at radius 3 is 2.59 bits per heavy atom. The monoisotopic (exact) mass is 392 g/mol. The zero-order valence-corrected chi connectivity index (χ0v) is 16.0. The lowest BCUT2D eigenvalue weighted by Gasteiger charge is -2.21. The first-order valence-corrected chi connectivity index (χ1v) is 9.02. The number of carbonyl (C=O) groups excluding carboxylic acids is 2. The third-order valence-corrected chi connectivity index (χ3v) is 4.24. The van der Waals surface area contributed by atoms with E-state index in [1.807, 2.05) is 24.3 Å². The van der Waals surface area contributed by atoms with Crippen molar-refractivity contribution in [3.63, 3.8) is 0 Å². The van der Waals surface area contributed by atoms with Gasteiger partial charge in [0, 0.05) is 19.7 Å². The molecule has 1 aliphatic rings. The van der Waals surface area contributed by atoms with E-state index in [4.69, 9.17) is 19.5 Å². The van der Waals surface area contributed by atoms with Crippen LogP contribution in [0.4, 0.5) is 0 Å². The van der Waals surface area contributed by atoms with Gasteiger partial charge in [-0.3, -0.25) is 4.79 Å². The van der Waals surface area contributed by atoms with Crippen molar-refractivity contribution in [2.24, 2.45) is 0 Å². The molecule has 7 heteroatoms. The molecule has 0 saturated carbocycles. The number of rotatable bonds is 6. The van der Waals surface area contributed by atoms with Crippen molar-refractivity contribution in [1.29, 1.82) is 5.26 Å². The maximum atomic E-state index is 12.2. The number of fused-ring (bicyclic) bond motifs is 1. The number of likely N-dealkylation sites (N-methyl/N-ethyl adjacent to an activating group) is 1. The summed E-state index contributed by atoms with van der Waals surface area (Å²) in [5, 5.41) is 8.77. The van der Waals surface area contributed by atoms with Crippen LogP contribution in [0.3, 0.4) is 0 Å². The van der Waals surface area contributed by atoms with Gasteiger partial charge in [0.2, 0.25) is 0 Å². The third-order valence-electron chi connectivity index (χ3n) is 4.24. The number of amides is 1. The molecule has 0 spiro atoms. The number of hydrogen-bond acceptors (Lipinski definition) is 6. The van der Waals surface area contributed by atoms with Gasteiger partial charge in [-0.05, 0) is 41.5 Å². The van der Waals surface area contributed by atoms with Gasteiger partial charge in [-0.2, -0.15) is 5.26 Å². The topological polar surface area (TPSA) is 88.9 Å². The van der Waals surface area contributed by atoms with E-state index >= 15 is 0 Å². The van der Waals surface area contributed by atoms with Crippen molar-refractivity contribution < 1.29 is 23.8 Å². The van der Waals surface area contributed by atoms with Crippen LogP contribution in [0.5, 0.6) is 11.5 Å². The first kappa shape index (κ1) is 20.0. The number of carbonyl (C=O) groups is 2. The second kappa shape index (κ2) is 9.42. The fourth-order valence-corrected chi connectivity index (χ4v) is 2.67. The molecule has 0 fully saturated rings. The summed E-state index contributed by atoms with van der Waals surface area (Å²) in [4.78, 5) is 25.5. The second-order valence-electron chi connectivity index (χ2n) is 6.40. The summed E-state index contributed by atoms with van der Waals surface area (Å²) in [6.07, 6.45) is 2.81. The molecule has 0 radical (unpaired) electrons. The molecule has 0 unspecified atom stereocenters. The highest BCUT2D eigenvalue weighted by atomic mass is 16.6. The molecule has 0 bridgehead atoms. The average molecular weight is 392 g/mol. The minimum Gasteiger partial charge on any atom is -0.486 e. The van der Waals surface area contributed by atoms with Crippen LogP contribution in [0.1, 0.15) is 16.7 Å². The van der Waals surface area contributed by atoms with Crippen LogP contribution >= 0.6 is 0 Å². The van der Waals surface area contributed by atoms with Gasteiger partial charge in [0.05, 0.1) is 11.6 Å². The van der Waals surface area contributed by atoms with Gasteiger partial charge >= 0.3 is 5.97 Å². The van der Waals surface area contributed by atoms with E-state index < -0.39 is 5.97 Å². The number of ether oxygens (including phenoxy) is 3. The maximum absolute atomic E-state index is 12.2. The largest absolute Gasteiger partial charge is 0.486 e. The van der Waals surface area contributed by atoms with E-state index in [0.29, 0.717) is 36.8 Å². The van der Waals surface area contributed by atoms with Crippen molar-refractivity contribution >= 4 is 18.0 Å². The van der Waals surface area contributed by atoms with Gasteiger partial charge in [-0.25, -0.2) is 4.79 Å². The average Bonchev–Trinajstić information content (AvgIpc) is 2.76. The normalized spacial score (nSPS) is 12.3. The van der Waals surface area contributed by atoms with Gasteiger partial charge < -0.3 is 19.1 Å². The first-order chi connectivity index (χ1) is 14.0. The molecule has 1 aliphatic heterocycles. The zero-order chi connectivity index (χ0) is 20.6. The minimum absolute atomic E-state index is 0.319. The smallest absolute Gasteiger partial charge is 0.331 e. The molecule has 2 aromatic carbocycles. The highest BCUT2D eigenvalue weighted by Gasteiger charge is 2.15. The van der Waals surface area contributed by atoms with E-state index in [-0.39, 0.29) is 12.5 Å². The molecule has 0 atom stereocenters. The lowest BCUT2D eigenvalue weighted by atomic mass is 10.1. The van der Waals surface area contributed by atoms with Crippen LogP contribution in [-0.4, -0.2) is 43.6 Å². The number of nitrogens with zero attached hydrogens (tertiary/aromatic N) is 2. The van der Waals surface area contributed by atoms with E-state index in [1.54, 1.807) is 37.4 Å². The summed E-state index contributed by atoms with van der Waals surface area (Å²) in [6, 6.07) is 14.3. The quantitative estimate of drug-likeness (QED) is 0.554. The summed E-state index contributed by atoms with van der Waals surface area (Å²) in [5.74, 6) is 0.418. The first-order valence-electron chi connectivity index (χ1n) is 9.02. The van der Waals surface area contributed by atoms with Crippen LogP contribution in [0.15, 0.2) is 48.5 Å². The van der Waals surface area contributed by atoms with Gasteiger partial charge in [-0.1, -0.05) is 18.2 Å². The molecule has 1 amide bonds. The molecular weight excluding hydrogens is 372 g/mol. The van der Waals surface area contributed by atoms with E-state index in [2.05, 4.69) is 0 Å². The van der Waals surface area contributed by atoms with E-state index in [0.717, 1.165) is 11.1 Å². The van der Waals surface area contributed by atoms with Gasteiger partial charge in [-0.15, -0.1) is 0 Å². The minimum atomic E-state index is -0.615. The standard InChI is InChI=1S/C22H20N2O5/c1-24(14-18-6-8-19-20(12-18)28-11-10-27-19)21(25)15-29-22(26)9-7-16-2-4-17(13-23)5-3-16/h2-9,12H,10-11,14-15H2,1H3/b9-7+. The SMILES string of the molecule is CN(Cc1ccc2c(c1)OCCO2)C(=O)COC(=O)/C=C/c1ccc(C#N)cc1. The zero-order valence-electron chi connectivity index (χ0n) is 16.0. The molecule has 148 valence electrons. The number of benzene rings is 2. The summed E-state index contributed by atoms with van der Waals surface area (Å²) in [5.41, 5.74) is 2.18. The van der Waals surface area contributed by atoms with Gasteiger partial charge in [0.15, 0.2) is 18.1 Å². The Morgan fingerprint density at radius 2 is 1.86 bits per heavy atom. The van der Waals surface area contributed by atoms with Gasteiger partial charge in [0.25, 0.3) is 5.91 Å². The predicted molar refractivity (Wildman–Crippen MR) is 105 cm³/mol. The molecular formula is C22H20N2O5. The molecule has 0 saturated heterocycles. The van der Waals surface area contributed by atoms with Crippen molar-refractivity contribution in [3.05, 3.63) is 65.2 Å². The Morgan fingerprint density at radius 1 is 1.14 bits per heavy atom. The molecule has 0 aliphatic carbocycles. The van der Waals surface area contributed by atoms with E-state index in [1.165, 1.54) is 11.0 Å². The molecule has 1 heterocycles. The van der Waals surface area contributed by atoms with Crippen molar-refractivity contribution in [2.75, 3.05) is 26.9 Å². The number of hydrogen-bond donors (Lipinski definition) is 0. The molecule has 3 rings (SSSR count). The van der Waals surface area contributed by atoms with Crippen molar-refractivity contribution in [3.8, 4) is 17.6 Å². The van der Waals surface area contributed by atoms with E-state index in [9.17, 15) is 9.59 Å². The van der Waals surface area contributed by atoms with Crippen LogP contribution in [0.25, 0.3) is 6.08 Å². The lowest BCUT2D eigenvalue weighted by molar-refractivity contribution is -0.147. The Bertz CT molecular complexity index is 960. The highest BCUT2D eigenvalue weighted by Crippen LogP contribution is 2.31. The fraction of sp³-hybridized carbons (Fsp3) is 0.227. The number of nitriles is 1. The maximum Gasteiger partial charge on any atom is 0.331 e. The molecule has 7 nitrogen and oxygen atoms in total. The van der Waals surface area contributed by atoms with Gasteiger partial charge in [0.1, 0.15) is 13.2 Å². The molecule has 2 aromatic rings. The Balaban J connectivity index is 1.47. The third kappa shape index (κ3) is 5.59. The highest BCUT2D eigenvalue weighted by molar-refractivity contribution is 5.89. The Labute approximate surface area is 168 Å². The second-order valence-corrected chi connectivity index (χ2v) is 6.40. The molecule has 0 N–H and O–H groups in total. The summed E-state index contributed by atoms with van der Waals surface area (Å²) in [6.45, 7) is 1.03. The van der Waals surface area contributed by atoms with Crippen LogP contribution in [0.2, 0.25) is 0 Å². The summed E-state index contributed by atoms with van der Waals surface area (Å²) >= 11 is 0. The van der Waals surface area contributed by atoms with Crippen molar-refractivity contribution in [1.82, 2.24) is 4.90 Å². The molecule has 29 heavy (non-hydrogen) atoms. The Kier molecular flexibility index (Phi) is 6.48. The predicted octanol–water partition coefficient (Wildman–Crippen LogP) is 2.54. The van der Waals surface area contributed by atoms with Crippen LogP contribution < -0.4 is 9.47 Å². The Hall–Kier alpha value is -3.79. The molecule has 0 aromatic heterocycles. The summed E-state index contributed by atoms with van der Waals surface area (Å²) < 4.78 is 16.0. The number of esters is 1. The van der Waals surface area contributed by atoms with Crippen molar-refractivity contribution in [2.45, 2.75) is 6.54 Å². The van der Waals surface area contributed by atoms with Crippen LogP contribution in [-0.2, 0) is 20.9 Å². The summed E-state index contributed by atoms with van der Waals surface area (Å²) in [7, 11) is 1.64.